The molecule has 1 fully saturated rings. The summed E-state index contributed by atoms with van der Waals surface area (Å²) in [5.74, 6) is -4.12. The molecule has 4 atom stereocenters. The fourth-order valence-corrected chi connectivity index (χ4v) is 5.90. The number of aromatic nitrogens is 2. The van der Waals surface area contributed by atoms with Gasteiger partial charge in [0, 0.05) is 60.0 Å². The number of likely N-dealkylation sites (tertiary alicyclic amines) is 1. The number of nitrogens with two attached hydrogens (primary N) is 1. The molecule has 5 rings (SSSR count). The van der Waals surface area contributed by atoms with Gasteiger partial charge in [0.1, 0.15) is 18.1 Å². The van der Waals surface area contributed by atoms with Crippen molar-refractivity contribution in [3.63, 3.8) is 0 Å². The van der Waals surface area contributed by atoms with Gasteiger partial charge in [0.2, 0.25) is 17.7 Å². The average molecular weight is 617 g/mol. The molecule has 0 bridgehead atoms. The molecule has 1 saturated heterocycles. The molecule has 4 unspecified atom stereocenters. The van der Waals surface area contributed by atoms with E-state index in [4.69, 9.17) is 10.8 Å². The highest BCUT2D eigenvalue weighted by Crippen LogP contribution is 2.24. The van der Waals surface area contributed by atoms with E-state index in [0.717, 1.165) is 32.9 Å². The van der Waals surface area contributed by atoms with E-state index < -0.39 is 53.8 Å². The van der Waals surface area contributed by atoms with Crippen LogP contribution in [0.25, 0.3) is 21.8 Å². The Balaban J connectivity index is 1.44. The Kier molecular flexibility index (Phi) is 9.48. The Morgan fingerprint density at radius 2 is 1.40 bits per heavy atom. The summed E-state index contributed by atoms with van der Waals surface area (Å²) in [7, 11) is 0. The monoisotopic (exact) mass is 616 g/mol. The Bertz CT molecular complexity index is 1730. The lowest BCUT2D eigenvalue weighted by Gasteiger charge is -2.29. The number of fused-ring (bicyclic) bond motifs is 2. The number of carboxylic acid groups (broad SMARTS) is 2. The summed E-state index contributed by atoms with van der Waals surface area (Å²) < 4.78 is 0. The van der Waals surface area contributed by atoms with Gasteiger partial charge in [-0.1, -0.05) is 36.4 Å². The Morgan fingerprint density at radius 3 is 1.98 bits per heavy atom. The van der Waals surface area contributed by atoms with Crippen molar-refractivity contribution in [1.82, 2.24) is 25.5 Å². The van der Waals surface area contributed by atoms with Crippen LogP contribution in [0.5, 0.6) is 0 Å². The van der Waals surface area contributed by atoms with Crippen molar-refractivity contribution in [3.05, 3.63) is 72.1 Å². The van der Waals surface area contributed by atoms with Gasteiger partial charge in [-0.05, 0) is 42.5 Å². The number of rotatable bonds is 13. The summed E-state index contributed by atoms with van der Waals surface area (Å²) in [6, 6.07) is 10.5. The van der Waals surface area contributed by atoms with Crippen molar-refractivity contribution in [2.75, 3.05) is 6.54 Å². The molecule has 0 saturated carbocycles. The smallest absolute Gasteiger partial charge is 0.326 e. The summed E-state index contributed by atoms with van der Waals surface area (Å²) in [6.45, 7) is 0.240. The van der Waals surface area contributed by atoms with Gasteiger partial charge in [0.05, 0.1) is 6.04 Å². The first-order valence-corrected chi connectivity index (χ1v) is 14.8. The zero-order chi connectivity index (χ0) is 32.1. The molecule has 1 aliphatic rings. The third kappa shape index (κ3) is 7.15. The van der Waals surface area contributed by atoms with E-state index in [9.17, 15) is 29.1 Å². The van der Waals surface area contributed by atoms with Crippen LogP contribution in [-0.2, 0) is 36.8 Å². The van der Waals surface area contributed by atoms with E-state index in [1.165, 1.54) is 4.90 Å². The molecule has 2 aromatic heterocycles. The maximum absolute atomic E-state index is 14.0. The lowest BCUT2D eigenvalue weighted by molar-refractivity contribution is -0.149. The van der Waals surface area contributed by atoms with Gasteiger partial charge in [-0.25, -0.2) is 4.79 Å². The summed E-state index contributed by atoms with van der Waals surface area (Å²) in [5.41, 5.74) is 9.12. The van der Waals surface area contributed by atoms with E-state index in [1.807, 2.05) is 48.5 Å². The number of hydrogen-bond donors (Lipinski definition) is 7. The fraction of sp³-hybridized carbons (Fsp3) is 0.344. The molecule has 3 heterocycles. The number of aliphatic carboxylic acids is 2. The number of carbonyl (C=O) groups is 5. The summed E-state index contributed by atoms with van der Waals surface area (Å²) in [4.78, 5) is 71.5. The first-order chi connectivity index (χ1) is 21.6. The first-order valence-electron chi connectivity index (χ1n) is 14.8. The van der Waals surface area contributed by atoms with Crippen molar-refractivity contribution < 1.29 is 34.2 Å². The maximum Gasteiger partial charge on any atom is 0.326 e. The van der Waals surface area contributed by atoms with E-state index in [1.54, 1.807) is 12.4 Å². The van der Waals surface area contributed by atoms with Crippen molar-refractivity contribution >= 4 is 51.5 Å². The molecule has 2 aromatic carbocycles. The van der Waals surface area contributed by atoms with Gasteiger partial charge in [-0.15, -0.1) is 0 Å². The van der Waals surface area contributed by atoms with Gasteiger partial charge >= 0.3 is 11.9 Å². The molecule has 45 heavy (non-hydrogen) atoms. The van der Waals surface area contributed by atoms with Gasteiger partial charge in [-0.2, -0.15) is 0 Å². The molecule has 4 aromatic rings. The van der Waals surface area contributed by atoms with Crippen LogP contribution in [0.15, 0.2) is 60.9 Å². The van der Waals surface area contributed by atoms with Crippen molar-refractivity contribution in [1.29, 1.82) is 0 Å². The number of amides is 3. The third-order valence-corrected chi connectivity index (χ3v) is 8.27. The zero-order valence-corrected chi connectivity index (χ0v) is 24.5. The summed E-state index contributed by atoms with van der Waals surface area (Å²) in [5, 5.41) is 26.0. The topological polar surface area (TPSA) is 211 Å². The number of carbonyl (C=O) groups excluding carboxylic acids is 3. The van der Waals surface area contributed by atoms with Crippen LogP contribution >= 0.6 is 0 Å². The minimum atomic E-state index is -1.18. The van der Waals surface area contributed by atoms with E-state index >= 15 is 0 Å². The number of hydrogen-bond acceptors (Lipinski definition) is 6. The van der Waals surface area contributed by atoms with Crippen LogP contribution in [0, 0.1) is 0 Å². The quantitative estimate of drug-likeness (QED) is 0.117. The highest BCUT2D eigenvalue weighted by atomic mass is 16.4. The molecule has 8 N–H and O–H groups in total. The zero-order valence-electron chi connectivity index (χ0n) is 24.5. The van der Waals surface area contributed by atoms with Gasteiger partial charge in [0.15, 0.2) is 0 Å². The number of H-pyrrole nitrogens is 2. The molecule has 236 valence electrons. The number of nitrogens with zero attached hydrogens (tertiary/aromatic N) is 1. The Morgan fingerprint density at radius 1 is 0.844 bits per heavy atom. The Labute approximate surface area is 258 Å². The molecule has 0 radical (unpaired) electrons. The highest BCUT2D eigenvalue weighted by Gasteiger charge is 2.39. The third-order valence-electron chi connectivity index (χ3n) is 8.27. The fourth-order valence-electron chi connectivity index (χ4n) is 5.90. The number of aromatic amines is 2. The van der Waals surface area contributed by atoms with Crippen molar-refractivity contribution in [2.45, 2.75) is 62.7 Å². The van der Waals surface area contributed by atoms with E-state index in [-0.39, 0.29) is 32.2 Å². The molecule has 13 heteroatoms. The largest absolute Gasteiger partial charge is 0.481 e. The van der Waals surface area contributed by atoms with Crippen LogP contribution in [0.1, 0.15) is 36.8 Å². The molecule has 13 nitrogen and oxygen atoms in total. The predicted octanol–water partition coefficient (Wildman–Crippen LogP) is 1.67. The number of benzene rings is 2. The van der Waals surface area contributed by atoms with Crippen LogP contribution in [0.3, 0.4) is 0 Å². The normalized spacial score (nSPS) is 16.7. The minimum Gasteiger partial charge on any atom is -0.481 e. The van der Waals surface area contributed by atoms with E-state index in [0.29, 0.717) is 12.8 Å². The Hall–Kier alpha value is -5.17. The molecule has 1 aliphatic heterocycles. The van der Waals surface area contributed by atoms with E-state index in [2.05, 4.69) is 20.6 Å². The highest BCUT2D eigenvalue weighted by molar-refractivity contribution is 5.96. The standard InChI is InChI=1S/C32H36N6O7/c33-22(11-12-28(39)40)29(41)36-25(14-18-16-34-23-8-3-1-6-20(18)23)30(42)37-26(31(43)38-13-5-10-27(38)32(44)45)15-19-17-35-24-9-4-2-7-21(19)24/h1-4,6-9,16-17,22,25-27,34-35H,5,10-15,33H2,(H,36,41)(H,37,42)(H,39,40)(H,44,45). The molecule has 3 amide bonds. The van der Waals surface area contributed by atoms with Gasteiger partial charge in [0.25, 0.3) is 0 Å². The van der Waals surface area contributed by atoms with Crippen LogP contribution in [0.4, 0.5) is 0 Å². The molecule has 0 spiro atoms. The second-order valence-electron chi connectivity index (χ2n) is 11.3. The first kappa shape index (κ1) is 31.3. The number of para-hydroxylation sites is 2. The molecule has 0 aliphatic carbocycles. The molecular weight excluding hydrogens is 580 g/mol. The summed E-state index contributed by atoms with van der Waals surface area (Å²) in [6.07, 6.45) is 3.98. The second-order valence-corrected chi connectivity index (χ2v) is 11.3. The van der Waals surface area contributed by atoms with Gasteiger partial charge < -0.3 is 41.4 Å². The number of carboxylic acids is 2. The second kappa shape index (κ2) is 13.6. The lowest BCUT2D eigenvalue weighted by atomic mass is 10.0. The lowest BCUT2D eigenvalue weighted by Crippen LogP contribution is -2.58. The average Bonchev–Trinajstić information content (AvgIpc) is 3.78. The minimum absolute atomic E-state index is 0.0443. The molecular formula is C32H36N6O7. The van der Waals surface area contributed by atoms with Crippen LogP contribution in [0.2, 0.25) is 0 Å². The van der Waals surface area contributed by atoms with Crippen LogP contribution in [-0.4, -0.2) is 85.5 Å². The SMILES string of the molecule is NC(CCC(=O)O)C(=O)NC(Cc1c[nH]c2ccccc12)C(=O)NC(Cc1c[nH]c2ccccc12)C(=O)N1CCCC1C(=O)O. The van der Waals surface area contributed by atoms with Crippen LogP contribution < -0.4 is 16.4 Å². The number of nitrogens with one attached hydrogen (secondary N) is 4. The van der Waals surface area contributed by atoms with Crippen molar-refractivity contribution in [2.24, 2.45) is 5.73 Å². The van der Waals surface area contributed by atoms with Crippen molar-refractivity contribution in [3.8, 4) is 0 Å². The van der Waals surface area contributed by atoms with Gasteiger partial charge in [-0.3, -0.25) is 19.2 Å². The summed E-state index contributed by atoms with van der Waals surface area (Å²) >= 11 is 0. The predicted molar refractivity (Wildman–Crippen MR) is 165 cm³/mol. The maximum atomic E-state index is 14.0.